The lowest BCUT2D eigenvalue weighted by Crippen LogP contribution is -2.31. The minimum atomic E-state index is -0.843. The summed E-state index contributed by atoms with van der Waals surface area (Å²) in [6.45, 7) is 4.42. The molecule has 1 atom stereocenters. The normalized spacial score (nSPS) is 12.2. The molecule has 0 saturated carbocycles. The maximum atomic E-state index is 12.1. The third-order valence-electron chi connectivity index (χ3n) is 3.00. The van der Waals surface area contributed by atoms with Crippen molar-refractivity contribution in [3.63, 3.8) is 0 Å². The van der Waals surface area contributed by atoms with E-state index >= 15 is 0 Å². The number of halogens is 2. The van der Waals surface area contributed by atoms with Crippen LogP contribution in [0.15, 0.2) is 22.7 Å². The van der Waals surface area contributed by atoms with Crippen LogP contribution in [0.25, 0.3) is 0 Å². The molecule has 0 spiro atoms. The average Bonchev–Trinajstić information content (AvgIpc) is 2.37. The SMILES string of the molecule is CC(C)CC(CNC(=O)c1ccc(Cl)c(Br)c1)CC(=O)O. The highest BCUT2D eigenvalue weighted by atomic mass is 79.9. The molecule has 4 nitrogen and oxygen atoms in total. The summed E-state index contributed by atoms with van der Waals surface area (Å²) in [4.78, 5) is 22.9. The Morgan fingerprint density at radius 1 is 1.38 bits per heavy atom. The van der Waals surface area contributed by atoms with Crippen LogP contribution in [0.5, 0.6) is 0 Å². The van der Waals surface area contributed by atoms with E-state index in [-0.39, 0.29) is 18.2 Å². The fourth-order valence-electron chi connectivity index (χ4n) is 2.13. The first-order valence-electron chi connectivity index (χ1n) is 6.74. The Hall–Kier alpha value is -1.07. The third kappa shape index (κ3) is 6.48. The number of hydrogen-bond donors (Lipinski definition) is 2. The van der Waals surface area contributed by atoms with Crippen molar-refractivity contribution in [2.24, 2.45) is 11.8 Å². The monoisotopic (exact) mass is 375 g/mol. The standard InChI is InChI=1S/C15H19BrClNO3/c1-9(2)5-10(6-14(19)20)8-18-15(21)11-3-4-13(17)12(16)7-11/h3-4,7,9-10H,5-6,8H2,1-2H3,(H,18,21)(H,19,20). The predicted octanol–water partition coefficient (Wildman–Crippen LogP) is 3.97. The lowest BCUT2D eigenvalue weighted by molar-refractivity contribution is -0.138. The Bertz CT molecular complexity index is 520. The van der Waals surface area contributed by atoms with Crippen molar-refractivity contribution in [2.75, 3.05) is 6.54 Å². The molecule has 0 saturated heterocycles. The maximum Gasteiger partial charge on any atom is 0.303 e. The number of benzene rings is 1. The van der Waals surface area contributed by atoms with E-state index in [9.17, 15) is 9.59 Å². The zero-order valence-corrected chi connectivity index (χ0v) is 14.4. The van der Waals surface area contributed by atoms with E-state index in [0.717, 1.165) is 6.42 Å². The number of carboxylic acids is 1. The molecule has 0 aliphatic carbocycles. The van der Waals surface area contributed by atoms with Gasteiger partial charge in [0.25, 0.3) is 5.91 Å². The van der Waals surface area contributed by atoms with Crippen LogP contribution >= 0.6 is 27.5 Å². The van der Waals surface area contributed by atoms with Gasteiger partial charge in [0.2, 0.25) is 0 Å². The van der Waals surface area contributed by atoms with Crippen LogP contribution in [0.4, 0.5) is 0 Å². The number of aliphatic carboxylic acids is 1. The summed E-state index contributed by atoms with van der Waals surface area (Å²) in [6, 6.07) is 4.92. The number of carbonyl (C=O) groups is 2. The number of hydrogen-bond acceptors (Lipinski definition) is 2. The van der Waals surface area contributed by atoms with E-state index in [1.807, 2.05) is 13.8 Å². The zero-order valence-electron chi connectivity index (χ0n) is 12.0. The van der Waals surface area contributed by atoms with Gasteiger partial charge in [-0.05, 0) is 52.4 Å². The summed E-state index contributed by atoms with van der Waals surface area (Å²) in [5.41, 5.74) is 0.491. The second kappa shape index (κ2) is 8.39. The van der Waals surface area contributed by atoms with E-state index < -0.39 is 5.97 Å². The molecule has 1 amide bonds. The minimum absolute atomic E-state index is 0.0583. The van der Waals surface area contributed by atoms with Crippen LogP contribution < -0.4 is 5.32 Å². The first-order valence-corrected chi connectivity index (χ1v) is 7.91. The molecular formula is C15H19BrClNO3. The predicted molar refractivity (Wildman–Crippen MR) is 86.7 cm³/mol. The summed E-state index contributed by atoms with van der Waals surface area (Å²) in [5.74, 6) is -0.756. The highest BCUT2D eigenvalue weighted by molar-refractivity contribution is 9.10. The van der Waals surface area contributed by atoms with Gasteiger partial charge < -0.3 is 10.4 Å². The van der Waals surface area contributed by atoms with Crippen molar-refractivity contribution in [3.05, 3.63) is 33.3 Å². The number of carbonyl (C=O) groups excluding carboxylic acids is 1. The van der Waals surface area contributed by atoms with E-state index in [2.05, 4.69) is 21.2 Å². The lowest BCUT2D eigenvalue weighted by atomic mass is 9.94. The summed E-state index contributed by atoms with van der Waals surface area (Å²) < 4.78 is 0.654. The molecule has 2 N–H and O–H groups in total. The molecule has 0 radical (unpaired) electrons. The van der Waals surface area contributed by atoms with E-state index in [1.54, 1.807) is 18.2 Å². The maximum absolute atomic E-state index is 12.1. The number of nitrogens with one attached hydrogen (secondary N) is 1. The molecular weight excluding hydrogens is 358 g/mol. The van der Waals surface area contributed by atoms with Gasteiger partial charge in [0.1, 0.15) is 0 Å². The fraction of sp³-hybridized carbons (Fsp3) is 0.467. The molecule has 0 heterocycles. The Labute approximate surface area is 138 Å². The van der Waals surface area contributed by atoms with Gasteiger partial charge in [0, 0.05) is 23.0 Å². The van der Waals surface area contributed by atoms with Crippen molar-refractivity contribution in [2.45, 2.75) is 26.7 Å². The van der Waals surface area contributed by atoms with Crippen LogP contribution in [0, 0.1) is 11.8 Å². The highest BCUT2D eigenvalue weighted by Crippen LogP contribution is 2.23. The minimum Gasteiger partial charge on any atom is -0.481 e. The van der Waals surface area contributed by atoms with E-state index in [1.165, 1.54) is 0 Å². The van der Waals surface area contributed by atoms with Crippen LogP contribution in [-0.4, -0.2) is 23.5 Å². The Morgan fingerprint density at radius 2 is 2.05 bits per heavy atom. The van der Waals surface area contributed by atoms with E-state index in [4.69, 9.17) is 16.7 Å². The molecule has 116 valence electrons. The smallest absolute Gasteiger partial charge is 0.303 e. The summed E-state index contributed by atoms with van der Waals surface area (Å²) in [5, 5.41) is 12.2. The molecule has 1 aromatic carbocycles. The molecule has 21 heavy (non-hydrogen) atoms. The van der Waals surface area contributed by atoms with Crippen LogP contribution in [0.2, 0.25) is 5.02 Å². The van der Waals surface area contributed by atoms with Gasteiger partial charge >= 0.3 is 5.97 Å². The summed E-state index contributed by atoms with van der Waals surface area (Å²) >= 11 is 9.15. The van der Waals surface area contributed by atoms with Gasteiger partial charge in [0.05, 0.1) is 5.02 Å². The summed E-state index contributed by atoms with van der Waals surface area (Å²) in [6.07, 6.45) is 0.819. The number of rotatable bonds is 7. The zero-order chi connectivity index (χ0) is 16.0. The van der Waals surface area contributed by atoms with Crippen molar-refractivity contribution in [1.29, 1.82) is 0 Å². The molecule has 6 heteroatoms. The molecule has 0 aliphatic rings. The van der Waals surface area contributed by atoms with Gasteiger partial charge in [-0.1, -0.05) is 25.4 Å². The average molecular weight is 377 g/mol. The molecule has 1 aromatic rings. The van der Waals surface area contributed by atoms with Crippen LogP contribution in [0.1, 0.15) is 37.0 Å². The van der Waals surface area contributed by atoms with Crippen LogP contribution in [-0.2, 0) is 4.79 Å². The largest absolute Gasteiger partial charge is 0.481 e. The number of carboxylic acid groups (broad SMARTS) is 1. The molecule has 0 aliphatic heterocycles. The van der Waals surface area contributed by atoms with Gasteiger partial charge in [-0.3, -0.25) is 9.59 Å². The van der Waals surface area contributed by atoms with Gasteiger partial charge in [-0.15, -0.1) is 0 Å². The Balaban J connectivity index is 2.63. The molecule has 1 unspecified atom stereocenters. The Kier molecular flexibility index (Phi) is 7.18. The first kappa shape index (κ1) is 18.0. The van der Waals surface area contributed by atoms with E-state index in [0.29, 0.717) is 27.5 Å². The number of amides is 1. The second-order valence-electron chi connectivity index (χ2n) is 5.43. The van der Waals surface area contributed by atoms with Crippen molar-refractivity contribution >= 4 is 39.4 Å². The topological polar surface area (TPSA) is 66.4 Å². The van der Waals surface area contributed by atoms with Gasteiger partial charge in [-0.25, -0.2) is 0 Å². The van der Waals surface area contributed by atoms with Crippen molar-refractivity contribution in [1.82, 2.24) is 5.32 Å². The Morgan fingerprint density at radius 3 is 2.57 bits per heavy atom. The van der Waals surface area contributed by atoms with Crippen LogP contribution in [0.3, 0.4) is 0 Å². The van der Waals surface area contributed by atoms with Gasteiger partial charge in [-0.2, -0.15) is 0 Å². The third-order valence-corrected chi connectivity index (χ3v) is 4.22. The second-order valence-corrected chi connectivity index (χ2v) is 6.69. The molecule has 1 rings (SSSR count). The first-order chi connectivity index (χ1) is 9.79. The van der Waals surface area contributed by atoms with Gasteiger partial charge in [0.15, 0.2) is 0 Å². The summed E-state index contributed by atoms with van der Waals surface area (Å²) in [7, 11) is 0. The lowest BCUT2D eigenvalue weighted by Gasteiger charge is -2.17. The fourth-order valence-corrected chi connectivity index (χ4v) is 2.63. The molecule has 0 bridgehead atoms. The van der Waals surface area contributed by atoms with Crippen molar-refractivity contribution in [3.8, 4) is 0 Å². The quantitative estimate of drug-likeness (QED) is 0.756. The van der Waals surface area contributed by atoms with Crippen molar-refractivity contribution < 1.29 is 14.7 Å². The molecule has 0 fully saturated rings. The molecule has 0 aromatic heterocycles. The highest BCUT2D eigenvalue weighted by Gasteiger charge is 2.17.